The van der Waals surface area contributed by atoms with E-state index in [1.54, 1.807) is 0 Å². The molecule has 1 saturated carbocycles. The Bertz CT molecular complexity index is 172. The molecule has 0 aromatic rings. The highest BCUT2D eigenvalue weighted by molar-refractivity contribution is 5.03. The van der Waals surface area contributed by atoms with Crippen LogP contribution in [-0.4, -0.2) is 37.7 Å². The van der Waals surface area contributed by atoms with E-state index in [0.29, 0.717) is 6.42 Å². The first kappa shape index (κ1) is 9.85. The van der Waals surface area contributed by atoms with Crippen LogP contribution in [0.15, 0.2) is 0 Å². The molecule has 0 atom stereocenters. The maximum Gasteiger partial charge on any atom is 0.250 e. The van der Waals surface area contributed by atoms with Crippen LogP contribution in [0.3, 0.4) is 0 Å². The second-order valence-corrected chi connectivity index (χ2v) is 3.38. The lowest BCUT2D eigenvalue weighted by Gasteiger charge is -2.48. The van der Waals surface area contributed by atoms with Crippen molar-refractivity contribution in [1.29, 1.82) is 0 Å². The minimum Gasteiger partial charge on any atom is -0.361 e. The molecule has 1 rings (SSSR count). The number of hydrogen-bond donors (Lipinski definition) is 6. The van der Waals surface area contributed by atoms with Crippen LogP contribution in [0, 0.1) is 0 Å². The monoisotopic (exact) mass is 178 g/mol. The van der Waals surface area contributed by atoms with Crippen LogP contribution >= 0.6 is 0 Å². The van der Waals surface area contributed by atoms with Gasteiger partial charge in [-0.1, -0.05) is 0 Å². The predicted molar refractivity (Wildman–Crippen MR) is 39.3 cm³/mol. The van der Waals surface area contributed by atoms with E-state index < -0.39 is 17.2 Å². The molecule has 0 saturated heterocycles. The van der Waals surface area contributed by atoms with E-state index in [1.807, 2.05) is 0 Å². The molecule has 1 aliphatic rings. The first-order chi connectivity index (χ1) is 5.21. The SMILES string of the molecule is NC1(N)CCCC(O)(O)C1(O)O. The summed E-state index contributed by atoms with van der Waals surface area (Å²) in [4.78, 5) is 0. The fourth-order valence-electron chi connectivity index (χ4n) is 1.35. The van der Waals surface area contributed by atoms with Crippen molar-refractivity contribution in [3.8, 4) is 0 Å². The zero-order valence-electron chi connectivity index (χ0n) is 6.56. The average molecular weight is 178 g/mol. The van der Waals surface area contributed by atoms with E-state index in [0.717, 1.165) is 0 Å². The van der Waals surface area contributed by atoms with Gasteiger partial charge < -0.3 is 31.9 Å². The normalized spacial score (nSPS) is 31.5. The van der Waals surface area contributed by atoms with E-state index >= 15 is 0 Å². The molecule has 12 heavy (non-hydrogen) atoms. The van der Waals surface area contributed by atoms with Gasteiger partial charge in [0.2, 0.25) is 5.79 Å². The van der Waals surface area contributed by atoms with Crippen LogP contribution in [0.1, 0.15) is 19.3 Å². The number of nitrogens with two attached hydrogens (primary N) is 2. The number of hydrogen-bond acceptors (Lipinski definition) is 6. The van der Waals surface area contributed by atoms with Gasteiger partial charge in [-0.05, 0) is 12.8 Å². The highest BCUT2D eigenvalue weighted by atomic mass is 16.6. The summed E-state index contributed by atoms with van der Waals surface area (Å²) in [7, 11) is 0. The average Bonchev–Trinajstić information content (AvgIpc) is 1.83. The second-order valence-electron chi connectivity index (χ2n) is 3.38. The first-order valence-corrected chi connectivity index (χ1v) is 3.68. The highest BCUT2D eigenvalue weighted by Crippen LogP contribution is 2.36. The van der Waals surface area contributed by atoms with Gasteiger partial charge in [0.1, 0.15) is 5.66 Å². The molecular formula is C6H14N2O4. The van der Waals surface area contributed by atoms with Crippen molar-refractivity contribution >= 4 is 0 Å². The summed E-state index contributed by atoms with van der Waals surface area (Å²) < 4.78 is 0. The Morgan fingerprint density at radius 2 is 1.42 bits per heavy atom. The standard InChI is InChI=1S/C6H14N2O4/c7-4(8)2-1-3-5(9,10)6(4,11)12/h9-12H,1-3,7-8H2. The van der Waals surface area contributed by atoms with Gasteiger partial charge in [-0.3, -0.25) is 0 Å². The van der Waals surface area contributed by atoms with Gasteiger partial charge in [0, 0.05) is 6.42 Å². The van der Waals surface area contributed by atoms with Crippen molar-refractivity contribution in [2.24, 2.45) is 11.5 Å². The molecule has 8 N–H and O–H groups in total. The van der Waals surface area contributed by atoms with E-state index in [2.05, 4.69) is 0 Å². The van der Waals surface area contributed by atoms with Crippen LogP contribution in [0.25, 0.3) is 0 Å². The van der Waals surface area contributed by atoms with Gasteiger partial charge in [0.15, 0.2) is 0 Å². The maximum atomic E-state index is 9.24. The lowest BCUT2D eigenvalue weighted by atomic mass is 9.79. The molecule has 6 nitrogen and oxygen atoms in total. The Balaban J connectivity index is 2.99. The smallest absolute Gasteiger partial charge is 0.250 e. The van der Waals surface area contributed by atoms with Gasteiger partial charge in [0.25, 0.3) is 5.79 Å². The number of rotatable bonds is 0. The lowest BCUT2D eigenvalue weighted by Crippen LogP contribution is -2.78. The van der Waals surface area contributed by atoms with Crippen LogP contribution in [0.2, 0.25) is 0 Å². The molecule has 0 radical (unpaired) electrons. The quantitative estimate of drug-likeness (QED) is 0.221. The minimum absolute atomic E-state index is 0.128. The van der Waals surface area contributed by atoms with Crippen molar-refractivity contribution in [1.82, 2.24) is 0 Å². The van der Waals surface area contributed by atoms with Crippen LogP contribution in [0.5, 0.6) is 0 Å². The molecule has 0 heterocycles. The molecule has 1 aliphatic carbocycles. The fourth-order valence-corrected chi connectivity index (χ4v) is 1.35. The Hall–Kier alpha value is -0.240. The molecule has 6 heteroatoms. The number of aliphatic hydroxyl groups is 4. The molecule has 0 bridgehead atoms. The van der Waals surface area contributed by atoms with Crippen molar-refractivity contribution < 1.29 is 20.4 Å². The third-order valence-electron chi connectivity index (χ3n) is 2.32. The van der Waals surface area contributed by atoms with E-state index in [4.69, 9.17) is 21.7 Å². The van der Waals surface area contributed by atoms with Crippen LogP contribution in [0.4, 0.5) is 0 Å². The van der Waals surface area contributed by atoms with Crippen molar-refractivity contribution in [2.45, 2.75) is 36.5 Å². The highest BCUT2D eigenvalue weighted by Gasteiger charge is 2.60. The van der Waals surface area contributed by atoms with E-state index in [1.165, 1.54) is 0 Å². The van der Waals surface area contributed by atoms with Crippen LogP contribution in [-0.2, 0) is 0 Å². The summed E-state index contributed by atoms with van der Waals surface area (Å²) in [6, 6.07) is 0. The molecule has 72 valence electrons. The summed E-state index contributed by atoms with van der Waals surface area (Å²) in [6.45, 7) is 0. The van der Waals surface area contributed by atoms with Crippen molar-refractivity contribution in [3.63, 3.8) is 0 Å². The van der Waals surface area contributed by atoms with Gasteiger partial charge in [-0.25, -0.2) is 0 Å². The molecule has 0 spiro atoms. The van der Waals surface area contributed by atoms with Crippen LogP contribution < -0.4 is 11.5 Å². The third-order valence-corrected chi connectivity index (χ3v) is 2.32. The van der Waals surface area contributed by atoms with Crippen molar-refractivity contribution in [3.05, 3.63) is 0 Å². The first-order valence-electron chi connectivity index (χ1n) is 3.68. The minimum atomic E-state index is -2.86. The summed E-state index contributed by atoms with van der Waals surface area (Å²) in [6.07, 6.45) is 0.307. The summed E-state index contributed by atoms with van der Waals surface area (Å²) >= 11 is 0. The molecule has 0 unspecified atom stereocenters. The Kier molecular flexibility index (Phi) is 1.95. The van der Waals surface area contributed by atoms with Crippen molar-refractivity contribution in [2.75, 3.05) is 0 Å². The fraction of sp³-hybridized carbons (Fsp3) is 1.00. The zero-order chi connectivity index (χ0) is 9.62. The third kappa shape index (κ3) is 1.13. The Morgan fingerprint density at radius 1 is 0.917 bits per heavy atom. The topological polar surface area (TPSA) is 133 Å². The van der Waals surface area contributed by atoms with Gasteiger partial charge in [-0.2, -0.15) is 0 Å². The molecule has 1 fully saturated rings. The largest absolute Gasteiger partial charge is 0.361 e. The van der Waals surface area contributed by atoms with Gasteiger partial charge in [0.05, 0.1) is 0 Å². The van der Waals surface area contributed by atoms with Gasteiger partial charge >= 0.3 is 0 Å². The molecule has 0 aromatic heterocycles. The lowest BCUT2D eigenvalue weighted by molar-refractivity contribution is -0.393. The molecular weight excluding hydrogens is 164 g/mol. The van der Waals surface area contributed by atoms with Gasteiger partial charge in [-0.15, -0.1) is 0 Å². The summed E-state index contributed by atoms with van der Waals surface area (Å²) in [5, 5.41) is 36.7. The Labute approximate surface area is 69.4 Å². The summed E-state index contributed by atoms with van der Waals surface area (Å²) in [5.74, 6) is -5.49. The predicted octanol–water partition coefficient (Wildman–Crippen LogP) is -2.85. The van der Waals surface area contributed by atoms with E-state index in [-0.39, 0.29) is 12.8 Å². The summed E-state index contributed by atoms with van der Waals surface area (Å²) in [5.41, 5.74) is 8.70. The maximum absolute atomic E-state index is 9.24. The molecule has 0 aliphatic heterocycles. The second kappa shape index (κ2) is 2.38. The Morgan fingerprint density at radius 3 is 1.75 bits per heavy atom. The molecule has 0 aromatic carbocycles. The zero-order valence-corrected chi connectivity index (χ0v) is 6.56. The van der Waals surface area contributed by atoms with E-state index in [9.17, 15) is 10.2 Å². The molecule has 0 amide bonds.